The summed E-state index contributed by atoms with van der Waals surface area (Å²) in [6.45, 7) is 3.46. The highest BCUT2D eigenvalue weighted by molar-refractivity contribution is 5.86. The van der Waals surface area contributed by atoms with Crippen molar-refractivity contribution in [2.75, 3.05) is 6.54 Å². The second kappa shape index (κ2) is 5.11. The summed E-state index contributed by atoms with van der Waals surface area (Å²) in [5, 5.41) is 6.41. The third-order valence-corrected chi connectivity index (χ3v) is 4.19. The second-order valence-corrected chi connectivity index (χ2v) is 5.42. The van der Waals surface area contributed by atoms with Crippen LogP contribution in [-0.4, -0.2) is 12.6 Å². The van der Waals surface area contributed by atoms with E-state index in [2.05, 4.69) is 48.6 Å². The minimum Gasteiger partial charge on any atom is -0.314 e. The quantitative estimate of drug-likeness (QED) is 0.839. The summed E-state index contributed by atoms with van der Waals surface area (Å²) in [5.41, 5.74) is 2.97. The number of piperidine rings is 1. The van der Waals surface area contributed by atoms with Crippen LogP contribution in [0.25, 0.3) is 10.8 Å². The van der Waals surface area contributed by atoms with Crippen molar-refractivity contribution in [3.8, 4) is 0 Å². The minimum absolute atomic E-state index is 0.679. The molecule has 0 bridgehead atoms. The van der Waals surface area contributed by atoms with Crippen LogP contribution in [0, 0.1) is 6.92 Å². The molecule has 2 aromatic carbocycles. The van der Waals surface area contributed by atoms with Gasteiger partial charge in [0.1, 0.15) is 0 Å². The monoisotopic (exact) mass is 239 g/mol. The van der Waals surface area contributed by atoms with Gasteiger partial charge in [-0.3, -0.25) is 0 Å². The molecule has 1 N–H and O–H groups in total. The van der Waals surface area contributed by atoms with Crippen molar-refractivity contribution in [1.82, 2.24) is 5.32 Å². The van der Waals surface area contributed by atoms with E-state index in [-0.39, 0.29) is 0 Å². The number of fused-ring (bicyclic) bond motifs is 1. The molecule has 1 aliphatic heterocycles. The third kappa shape index (κ3) is 2.28. The molecule has 1 unspecified atom stereocenters. The molecule has 1 fully saturated rings. The summed E-state index contributed by atoms with van der Waals surface area (Å²) in [7, 11) is 0. The van der Waals surface area contributed by atoms with Gasteiger partial charge in [-0.05, 0) is 54.6 Å². The highest BCUT2D eigenvalue weighted by Crippen LogP contribution is 2.23. The Hall–Kier alpha value is -1.34. The molecule has 1 heterocycles. The molecule has 0 aliphatic carbocycles. The molecule has 94 valence electrons. The third-order valence-electron chi connectivity index (χ3n) is 4.19. The summed E-state index contributed by atoms with van der Waals surface area (Å²) in [6, 6.07) is 13.9. The zero-order valence-corrected chi connectivity index (χ0v) is 11.1. The van der Waals surface area contributed by atoms with Gasteiger partial charge in [0.25, 0.3) is 0 Å². The Kier molecular flexibility index (Phi) is 3.33. The average Bonchev–Trinajstić information content (AvgIpc) is 2.43. The highest BCUT2D eigenvalue weighted by Gasteiger charge is 2.14. The lowest BCUT2D eigenvalue weighted by Crippen LogP contribution is -2.35. The van der Waals surface area contributed by atoms with Gasteiger partial charge in [0.15, 0.2) is 0 Å². The largest absolute Gasteiger partial charge is 0.314 e. The molecule has 1 nitrogen and oxygen atoms in total. The van der Waals surface area contributed by atoms with Crippen LogP contribution in [0.5, 0.6) is 0 Å². The van der Waals surface area contributed by atoms with E-state index in [1.54, 1.807) is 0 Å². The Morgan fingerprint density at radius 3 is 2.83 bits per heavy atom. The molecule has 0 spiro atoms. The number of rotatable bonds is 2. The van der Waals surface area contributed by atoms with E-state index in [0.29, 0.717) is 6.04 Å². The molecule has 1 heteroatoms. The van der Waals surface area contributed by atoms with Crippen LogP contribution < -0.4 is 5.32 Å². The first-order valence-corrected chi connectivity index (χ1v) is 7.05. The van der Waals surface area contributed by atoms with Crippen LogP contribution in [0.4, 0.5) is 0 Å². The summed E-state index contributed by atoms with van der Waals surface area (Å²) < 4.78 is 0. The van der Waals surface area contributed by atoms with Gasteiger partial charge in [0.05, 0.1) is 0 Å². The number of hydrogen-bond acceptors (Lipinski definition) is 1. The van der Waals surface area contributed by atoms with Crippen LogP contribution in [-0.2, 0) is 6.42 Å². The van der Waals surface area contributed by atoms with Crippen molar-refractivity contribution in [3.05, 3.63) is 47.5 Å². The standard InChI is InChI=1S/C17H21N/c1-13-15(12-16-7-4-5-11-18-16)10-9-14-6-2-3-8-17(13)14/h2-3,6,8-10,16,18H,4-5,7,11-12H2,1H3. The summed E-state index contributed by atoms with van der Waals surface area (Å²) in [6.07, 6.45) is 5.22. The van der Waals surface area contributed by atoms with Crippen molar-refractivity contribution in [2.24, 2.45) is 0 Å². The lowest BCUT2D eigenvalue weighted by molar-refractivity contribution is 0.399. The Morgan fingerprint density at radius 1 is 1.11 bits per heavy atom. The lowest BCUT2D eigenvalue weighted by Gasteiger charge is -2.24. The first-order chi connectivity index (χ1) is 8.84. The summed E-state index contributed by atoms with van der Waals surface area (Å²) in [5.74, 6) is 0. The molecule has 0 aromatic heterocycles. The van der Waals surface area contributed by atoms with Crippen molar-refractivity contribution in [1.29, 1.82) is 0 Å². The van der Waals surface area contributed by atoms with Gasteiger partial charge in [0.2, 0.25) is 0 Å². The number of aryl methyl sites for hydroxylation is 1. The predicted molar refractivity (Wildman–Crippen MR) is 78.0 cm³/mol. The van der Waals surface area contributed by atoms with E-state index >= 15 is 0 Å². The van der Waals surface area contributed by atoms with Gasteiger partial charge in [-0.2, -0.15) is 0 Å². The molecule has 18 heavy (non-hydrogen) atoms. The van der Waals surface area contributed by atoms with E-state index in [9.17, 15) is 0 Å². The van der Waals surface area contributed by atoms with E-state index in [1.807, 2.05) is 0 Å². The maximum absolute atomic E-state index is 3.64. The maximum atomic E-state index is 3.64. The van der Waals surface area contributed by atoms with E-state index in [0.717, 1.165) is 0 Å². The molecule has 1 atom stereocenters. The lowest BCUT2D eigenvalue weighted by atomic mass is 9.92. The van der Waals surface area contributed by atoms with Crippen LogP contribution in [0.1, 0.15) is 30.4 Å². The summed E-state index contributed by atoms with van der Waals surface area (Å²) in [4.78, 5) is 0. The van der Waals surface area contributed by atoms with Gasteiger partial charge < -0.3 is 5.32 Å². The van der Waals surface area contributed by atoms with Gasteiger partial charge in [0, 0.05) is 6.04 Å². The fourth-order valence-corrected chi connectivity index (χ4v) is 3.06. The highest BCUT2D eigenvalue weighted by atomic mass is 14.9. The first-order valence-electron chi connectivity index (χ1n) is 7.05. The fourth-order valence-electron chi connectivity index (χ4n) is 3.06. The van der Waals surface area contributed by atoms with Crippen LogP contribution in [0.15, 0.2) is 36.4 Å². The average molecular weight is 239 g/mol. The Bertz CT molecular complexity index is 538. The molecule has 1 saturated heterocycles. The topological polar surface area (TPSA) is 12.0 Å². The van der Waals surface area contributed by atoms with Crippen LogP contribution >= 0.6 is 0 Å². The van der Waals surface area contributed by atoms with Gasteiger partial charge in [-0.25, -0.2) is 0 Å². The molecule has 0 radical (unpaired) electrons. The maximum Gasteiger partial charge on any atom is 0.0108 e. The number of hydrogen-bond donors (Lipinski definition) is 1. The molecular weight excluding hydrogens is 218 g/mol. The van der Waals surface area contributed by atoms with Crippen molar-refractivity contribution < 1.29 is 0 Å². The molecule has 2 aromatic rings. The van der Waals surface area contributed by atoms with Crippen LogP contribution in [0.3, 0.4) is 0 Å². The Labute approximate surface area is 109 Å². The van der Waals surface area contributed by atoms with Gasteiger partial charge in [-0.15, -0.1) is 0 Å². The Morgan fingerprint density at radius 2 is 2.00 bits per heavy atom. The zero-order chi connectivity index (χ0) is 12.4. The normalized spacial score (nSPS) is 20.2. The molecule has 1 aliphatic rings. The molecule has 0 amide bonds. The van der Waals surface area contributed by atoms with E-state index in [1.165, 1.54) is 54.1 Å². The fraction of sp³-hybridized carbons (Fsp3) is 0.412. The SMILES string of the molecule is Cc1c(CC2CCCCN2)ccc2ccccc12. The molecule has 0 saturated carbocycles. The van der Waals surface area contributed by atoms with Crippen LogP contribution in [0.2, 0.25) is 0 Å². The second-order valence-electron chi connectivity index (χ2n) is 5.42. The van der Waals surface area contributed by atoms with Crippen molar-refractivity contribution >= 4 is 10.8 Å². The Balaban J connectivity index is 1.89. The smallest absolute Gasteiger partial charge is 0.0108 e. The van der Waals surface area contributed by atoms with Gasteiger partial charge >= 0.3 is 0 Å². The van der Waals surface area contributed by atoms with E-state index < -0.39 is 0 Å². The molecule has 3 rings (SSSR count). The number of nitrogens with one attached hydrogen (secondary N) is 1. The predicted octanol–water partition coefficient (Wildman–Crippen LogP) is 3.83. The first kappa shape index (κ1) is 11.7. The molecular formula is C17H21N. The van der Waals surface area contributed by atoms with Crippen molar-refractivity contribution in [2.45, 2.75) is 38.6 Å². The minimum atomic E-state index is 0.679. The summed E-state index contributed by atoms with van der Waals surface area (Å²) >= 11 is 0. The van der Waals surface area contributed by atoms with E-state index in [4.69, 9.17) is 0 Å². The zero-order valence-electron chi connectivity index (χ0n) is 11.1. The van der Waals surface area contributed by atoms with Gasteiger partial charge in [-0.1, -0.05) is 42.8 Å². The number of benzene rings is 2. The van der Waals surface area contributed by atoms with Crippen molar-refractivity contribution in [3.63, 3.8) is 0 Å².